The van der Waals surface area contributed by atoms with E-state index in [0.717, 1.165) is 18.8 Å². The summed E-state index contributed by atoms with van der Waals surface area (Å²) in [7, 11) is 0. The molecule has 0 radical (unpaired) electrons. The Kier molecular flexibility index (Phi) is 3.30. The third-order valence-corrected chi connectivity index (χ3v) is 3.08. The molecule has 0 amide bonds. The number of ether oxygens (including phenoxy) is 1. The van der Waals surface area contributed by atoms with E-state index < -0.39 is 0 Å². The summed E-state index contributed by atoms with van der Waals surface area (Å²) < 4.78 is 5.50. The second kappa shape index (κ2) is 4.71. The molecule has 2 nitrogen and oxygen atoms in total. The van der Waals surface area contributed by atoms with Crippen molar-refractivity contribution < 1.29 is 4.74 Å². The van der Waals surface area contributed by atoms with Crippen molar-refractivity contribution in [2.45, 2.75) is 32.4 Å². The van der Waals surface area contributed by atoms with Crippen molar-refractivity contribution >= 4 is 0 Å². The highest BCUT2D eigenvalue weighted by Gasteiger charge is 2.14. The van der Waals surface area contributed by atoms with E-state index in [1.54, 1.807) is 0 Å². The molecule has 86 valence electrons. The number of nitrogens with one attached hydrogen (secondary N) is 1. The van der Waals surface area contributed by atoms with Crippen LogP contribution in [0.2, 0.25) is 0 Å². The van der Waals surface area contributed by atoms with Gasteiger partial charge in [0.1, 0.15) is 5.75 Å². The first kappa shape index (κ1) is 11.2. The second-order valence-electron chi connectivity index (χ2n) is 4.38. The lowest BCUT2D eigenvalue weighted by Crippen LogP contribution is -2.26. The van der Waals surface area contributed by atoms with Crippen LogP contribution in [0.5, 0.6) is 5.75 Å². The maximum atomic E-state index is 5.50. The molecule has 1 aromatic rings. The largest absolute Gasteiger partial charge is 0.493 e. The standard InChI is InChI=1S/C14H19NO/c1-4-10(2)15-11(3)12-5-6-14-13(9-12)7-8-16-14/h4-6,9-11,15H,1,7-8H2,2-3H3. The maximum Gasteiger partial charge on any atom is 0.122 e. The number of hydrogen-bond donors (Lipinski definition) is 1. The summed E-state index contributed by atoms with van der Waals surface area (Å²) in [4.78, 5) is 0. The van der Waals surface area contributed by atoms with Gasteiger partial charge in [0.05, 0.1) is 6.61 Å². The maximum absolute atomic E-state index is 5.50. The molecule has 2 atom stereocenters. The Morgan fingerprint density at radius 1 is 1.44 bits per heavy atom. The van der Waals surface area contributed by atoms with E-state index in [4.69, 9.17) is 4.74 Å². The fourth-order valence-electron chi connectivity index (χ4n) is 2.03. The van der Waals surface area contributed by atoms with Crippen LogP contribution in [0.15, 0.2) is 30.9 Å². The van der Waals surface area contributed by atoms with Gasteiger partial charge in [0.25, 0.3) is 0 Å². The van der Waals surface area contributed by atoms with Crippen LogP contribution in [-0.4, -0.2) is 12.6 Å². The molecule has 1 N–H and O–H groups in total. The lowest BCUT2D eigenvalue weighted by Gasteiger charge is -2.18. The van der Waals surface area contributed by atoms with Crippen molar-refractivity contribution in [3.63, 3.8) is 0 Å². The highest BCUT2D eigenvalue weighted by Crippen LogP contribution is 2.28. The van der Waals surface area contributed by atoms with Gasteiger partial charge >= 0.3 is 0 Å². The van der Waals surface area contributed by atoms with Crippen LogP contribution in [0.4, 0.5) is 0 Å². The van der Waals surface area contributed by atoms with Crippen molar-refractivity contribution in [1.82, 2.24) is 5.32 Å². The van der Waals surface area contributed by atoms with Crippen LogP contribution < -0.4 is 10.1 Å². The van der Waals surface area contributed by atoms with Gasteiger partial charge in [-0.25, -0.2) is 0 Å². The first-order valence-electron chi connectivity index (χ1n) is 5.85. The van der Waals surface area contributed by atoms with E-state index in [-0.39, 0.29) is 0 Å². The van der Waals surface area contributed by atoms with E-state index in [2.05, 4.69) is 43.9 Å². The fraction of sp³-hybridized carbons (Fsp3) is 0.429. The van der Waals surface area contributed by atoms with Crippen molar-refractivity contribution in [2.75, 3.05) is 6.61 Å². The quantitative estimate of drug-likeness (QED) is 0.783. The second-order valence-corrected chi connectivity index (χ2v) is 4.38. The third-order valence-electron chi connectivity index (χ3n) is 3.08. The molecule has 0 spiro atoms. The van der Waals surface area contributed by atoms with Gasteiger partial charge in [0.15, 0.2) is 0 Å². The zero-order chi connectivity index (χ0) is 11.5. The van der Waals surface area contributed by atoms with Crippen molar-refractivity contribution in [3.8, 4) is 5.75 Å². The Bertz CT molecular complexity index is 386. The Hall–Kier alpha value is -1.28. The average Bonchev–Trinajstić information content (AvgIpc) is 2.75. The molecule has 0 bridgehead atoms. The molecular formula is C14H19NO. The number of fused-ring (bicyclic) bond motifs is 1. The summed E-state index contributed by atoms with van der Waals surface area (Å²) >= 11 is 0. The predicted molar refractivity (Wildman–Crippen MR) is 66.9 cm³/mol. The van der Waals surface area contributed by atoms with E-state index in [1.165, 1.54) is 11.1 Å². The minimum atomic E-state index is 0.333. The van der Waals surface area contributed by atoms with Gasteiger partial charge in [0, 0.05) is 18.5 Å². The number of benzene rings is 1. The van der Waals surface area contributed by atoms with Crippen molar-refractivity contribution in [3.05, 3.63) is 42.0 Å². The average molecular weight is 217 g/mol. The smallest absolute Gasteiger partial charge is 0.122 e. The molecule has 2 heteroatoms. The SMILES string of the molecule is C=CC(C)NC(C)c1ccc2c(c1)CCO2. The van der Waals surface area contributed by atoms with Gasteiger partial charge in [-0.1, -0.05) is 18.2 Å². The van der Waals surface area contributed by atoms with Crippen molar-refractivity contribution in [2.24, 2.45) is 0 Å². The molecule has 1 aliphatic rings. The zero-order valence-corrected chi connectivity index (χ0v) is 9.99. The van der Waals surface area contributed by atoms with Crippen LogP contribution >= 0.6 is 0 Å². The molecule has 0 saturated heterocycles. The minimum Gasteiger partial charge on any atom is -0.493 e. The van der Waals surface area contributed by atoms with Crippen LogP contribution in [-0.2, 0) is 6.42 Å². The molecule has 1 heterocycles. The molecule has 0 aliphatic carbocycles. The highest BCUT2D eigenvalue weighted by atomic mass is 16.5. The van der Waals surface area contributed by atoms with Gasteiger partial charge in [-0.05, 0) is 31.0 Å². The first-order chi connectivity index (χ1) is 7.70. The zero-order valence-electron chi connectivity index (χ0n) is 9.99. The lowest BCUT2D eigenvalue weighted by atomic mass is 10.0. The normalized spacial score (nSPS) is 17.4. The Morgan fingerprint density at radius 3 is 3.00 bits per heavy atom. The Morgan fingerprint density at radius 2 is 2.25 bits per heavy atom. The first-order valence-corrected chi connectivity index (χ1v) is 5.85. The molecule has 2 rings (SSSR count). The summed E-state index contributed by atoms with van der Waals surface area (Å²) in [5.74, 6) is 1.05. The van der Waals surface area contributed by atoms with Gasteiger partial charge in [0.2, 0.25) is 0 Å². The number of hydrogen-bond acceptors (Lipinski definition) is 2. The van der Waals surface area contributed by atoms with Gasteiger partial charge in [-0.2, -0.15) is 0 Å². The molecule has 2 unspecified atom stereocenters. The summed E-state index contributed by atoms with van der Waals surface area (Å²) in [5.41, 5.74) is 2.65. The van der Waals surface area contributed by atoms with Crippen molar-refractivity contribution in [1.29, 1.82) is 0 Å². The van der Waals surface area contributed by atoms with E-state index in [0.29, 0.717) is 12.1 Å². The Balaban J connectivity index is 2.11. The van der Waals surface area contributed by atoms with E-state index in [9.17, 15) is 0 Å². The molecule has 0 aromatic heterocycles. The van der Waals surface area contributed by atoms with Crippen LogP contribution in [0.3, 0.4) is 0 Å². The molecule has 1 aliphatic heterocycles. The molecular weight excluding hydrogens is 198 g/mol. The molecule has 16 heavy (non-hydrogen) atoms. The summed E-state index contributed by atoms with van der Waals surface area (Å²) in [5, 5.41) is 3.48. The van der Waals surface area contributed by atoms with Crippen LogP contribution in [0.1, 0.15) is 31.0 Å². The minimum absolute atomic E-state index is 0.333. The molecule has 0 fully saturated rings. The molecule has 0 saturated carbocycles. The Labute approximate surface area is 97.3 Å². The monoisotopic (exact) mass is 217 g/mol. The van der Waals surface area contributed by atoms with E-state index >= 15 is 0 Å². The fourth-order valence-corrected chi connectivity index (χ4v) is 2.03. The van der Waals surface area contributed by atoms with Crippen LogP contribution in [0.25, 0.3) is 0 Å². The summed E-state index contributed by atoms with van der Waals surface area (Å²) in [6.07, 6.45) is 2.96. The van der Waals surface area contributed by atoms with E-state index in [1.807, 2.05) is 6.08 Å². The lowest BCUT2D eigenvalue weighted by molar-refractivity contribution is 0.356. The van der Waals surface area contributed by atoms with Gasteiger partial charge in [-0.3, -0.25) is 0 Å². The summed E-state index contributed by atoms with van der Waals surface area (Å²) in [6, 6.07) is 7.14. The number of rotatable bonds is 4. The molecule has 1 aromatic carbocycles. The summed E-state index contributed by atoms with van der Waals surface area (Å²) in [6.45, 7) is 8.89. The van der Waals surface area contributed by atoms with Crippen LogP contribution in [0, 0.1) is 0 Å². The van der Waals surface area contributed by atoms with Gasteiger partial charge < -0.3 is 10.1 Å². The third kappa shape index (κ3) is 2.27. The predicted octanol–water partition coefficient (Wildman–Crippen LogP) is 2.85. The topological polar surface area (TPSA) is 21.3 Å². The highest BCUT2D eigenvalue weighted by molar-refractivity contribution is 5.40. The van der Waals surface area contributed by atoms with Gasteiger partial charge in [-0.15, -0.1) is 6.58 Å².